The summed E-state index contributed by atoms with van der Waals surface area (Å²) in [5.74, 6) is -0.616. The Bertz CT molecular complexity index is 806. The Morgan fingerprint density at radius 3 is 2.77 bits per heavy atom. The second kappa shape index (κ2) is 5.77. The molecule has 0 aliphatic carbocycles. The second-order valence-corrected chi connectivity index (χ2v) is 8.72. The lowest BCUT2D eigenvalue weighted by molar-refractivity contribution is 0.0602. The number of carbonyl (C=O) groups excluding carboxylic acids is 1. The third-order valence-electron chi connectivity index (χ3n) is 3.81. The van der Waals surface area contributed by atoms with Crippen LogP contribution < -0.4 is 0 Å². The van der Waals surface area contributed by atoms with E-state index in [1.807, 2.05) is 18.4 Å². The van der Waals surface area contributed by atoms with Crippen LogP contribution in [0.3, 0.4) is 0 Å². The highest BCUT2D eigenvalue weighted by Crippen LogP contribution is 2.37. The molecule has 1 aliphatic rings. The highest BCUT2D eigenvalue weighted by molar-refractivity contribution is 7.89. The first-order valence-corrected chi connectivity index (χ1v) is 9.90. The van der Waals surface area contributed by atoms with Crippen molar-refractivity contribution >= 4 is 38.7 Å². The molecule has 8 heteroatoms. The summed E-state index contributed by atoms with van der Waals surface area (Å²) in [5.41, 5.74) is 1.05. The van der Waals surface area contributed by atoms with E-state index in [0.717, 1.165) is 16.9 Å². The minimum Gasteiger partial charge on any atom is -0.465 e. The largest absolute Gasteiger partial charge is 0.465 e. The van der Waals surface area contributed by atoms with Gasteiger partial charge in [-0.05, 0) is 41.8 Å². The van der Waals surface area contributed by atoms with Crippen molar-refractivity contribution in [2.45, 2.75) is 24.3 Å². The molecule has 22 heavy (non-hydrogen) atoms. The summed E-state index contributed by atoms with van der Waals surface area (Å²) >= 11 is 2.74. The molecule has 1 atom stereocenters. The van der Waals surface area contributed by atoms with Gasteiger partial charge >= 0.3 is 5.97 Å². The van der Waals surface area contributed by atoms with Gasteiger partial charge < -0.3 is 4.74 Å². The number of methoxy groups -OCH3 is 1. The maximum Gasteiger partial charge on any atom is 0.349 e. The molecular formula is C14H15NO4S3. The van der Waals surface area contributed by atoms with Gasteiger partial charge in [0.25, 0.3) is 0 Å². The van der Waals surface area contributed by atoms with Gasteiger partial charge in [0.05, 0.1) is 7.11 Å². The van der Waals surface area contributed by atoms with E-state index in [1.54, 1.807) is 16.7 Å². The number of nitrogens with zero attached hydrogens (tertiary/aromatic N) is 1. The molecule has 0 bridgehead atoms. The van der Waals surface area contributed by atoms with Gasteiger partial charge in [0.1, 0.15) is 9.77 Å². The fourth-order valence-electron chi connectivity index (χ4n) is 2.68. The maximum absolute atomic E-state index is 13.0. The molecule has 0 radical (unpaired) electrons. The Hall–Kier alpha value is -1.22. The fraction of sp³-hybridized carbons (Fsp3) is 0.357. The van der Waals surface area contributed by atoms with Crippen molar-refractivity contribution < 1.29 is 17.9 Å². The number of hydrogen-bond donors (Lipinski definition) is 0. The quantitative estimate of drug-likeness (QED) is 0.793. The van der Waals surface area contributed by atoms with Crippen LogP contribution in [-0.2, 0) is 21.2 Å². The SMILES string of the molecule is COC(=O)c1sccc1S(=O)(=O)N1CCc2sccc2[C@@H]1C. The van der Waals surface area contributed by atoms with E-state index in [-0.39, 0.29) is 15.8 Å². The number of fused-ring (bicyclic) bond motifs is 1. The number of esters is 1. The van der Waals surface area contributed by atoms with Crippen LogP contribution >= 0.6 is 22.7 Å². The van der Waals surface area contributed by atoms with Crippen molar-refractivity contribution in [3.05, 3.63) is 38.2 Å². The lowest BCUT2D eigenvalue weighted by atomic mass is 10.0. The maximum atomic E-state index is 13.0. The zero-order valence-corrected chi connectivity index (χ0v) is 14.6. The molecule has 0 aromatic carbocycles. The Balaban J connectivity index is 2.01. The minimum absolute atomic E-state index is 0.0369. The number of hydrogen-bond acceptors (Lipinski definition) is 6. The lowest BCUT2D eigenvalue weighted by Crippen LogP contribution is -2.38. The zero-order chi connectivity index (χ0) is 15.9. The van der Waals surface area contributed by atoms with Crippen LogP contribution in [0.4, 0.5) is 0 Å². The van der Waals surface area contributed by atoms with Gasteiger partial charge in [0.2, 0.25) is 10.0 Å². The van der Waals surface area contributed by atoms with Crippen molar-refractivity contribution in [3.63, 3.8) is 0 Å². The van der Waals surface area contributed by atoms with E-state index in [9.17, 15) is 13.2 Å². The molecule has 0 saturated carbocycles. The van der Waals surface area contributed by atoms with Crippen molar-refractivity contribution in [3.8, 4) is 0 Å². The molecule has 0 unspecified atom stereocenters. The summed E-state index contributed by atoms with van der Waals surface area (Å²) < 4.78 is 32.1. The van der Waals surface area contributed by atoms with Crippen LogP contribution in [0.15, 0.2) is 27.8 Å². The van der Waals surface area contributed by atoms with Crippen LogP contribution in [-0.4, -0.2) is 32.3 Å². The standard InChI is InChI=1S/C14H15NO4S3/c1-9-10-4-7-20-11(10)3-6-15(9)22(17,18)12-5-8-21-13(12)14(16)19-2/h4-5,7-9H,3,6H2,1-2H3/t9-/m0/s1. The topological polar surface area (TPSA) is 63.7 Å². The third-order valence-corrected chi connectivity index (χ3v) is 7.84. The zero-order valence-electron chi connectivity index (χ0n) is 12.1. The summed E-state index contributed by atoms with van der Waals surface area (Å²) in [6.07, 6.45) is 0.703. The van der Waals surface area contributed by atoms with Gasteiger partial charge in [0.15, 0.2) is 0 Å². The minimum atomic E-state index is -3.73. The number of carbonyl (C=O) groups is 1. The number of thiophene rings is 2. The molecule has 0 fully saturated rings. The van der Waals surface area contributed by atoms with Gasteiger partial charge in [-0.2, -0.15) is 4.31 Å². The highest BCUT2D eigenvalue weighted by atomic mass is 32.2. The van der Waals surface area contributed by atoms with Crippen molar-refractivity contribution in [1.82, 2.24) is 4.31 Å². The Labute approximate surface area is 137 Å². The molecule has 3 rings (SSSR count). The van der Waals surface area contributed by atoms with Crippen molar-refractivity contribution in [2.75, 3.05) is 13.7 Å². The van der Waals surface area contributed by atoms with E-state index in [4.69, 9.17) is 0 Å². The number of sulfonamides is 1. The van der Waals surface area contributed by atoms with Crippen molar-refractivity contribution in [2.24, 2.45) is 0 Å². The summed E-state index contributed by atoms with van der Waals surface area (Å²) in [6.45, 7) is 2.31. The first kappa shape index (κ1) is 15.7. The van der Waals surface area contributed by atoms with E-state index >= 15 is 0 Å². The van der Waals surface area contributed by atoms with Crippen LogP contribution in [0, 0.1) is 0 Å². The van der Waals surface area contributed by atoms with E-state index in [0.29, 0.717) is 13.0 Å². The van der Waals surface area contributed by atoms with Crippen molar-refractivity contribution in [1.29, 1.82) is 0 Å². The second-order valence-electron chi connectivity index (χ2n) is 4.95. The Kier molecular flexibility index (Phi) is 4.11. The van der Waals surface area contributed by atoms with E-state index in [2.05, 4.69) is 4.74 Å². The van der Waals surface area contributed by atoms with Gasteiger partial charge in [0, 0.05) is 17.5 Å². The van der Waals surface area contributed by atoms with Crippen LogP contribution in [0.1, 0.15) is 33.1 Å². The highest BCUT2D eigenvalue weighted by Gasteiger charge is 2.37. The van der Waals surface area contributed by atoms with Crippen LogP contribution in [0.5, 0.6) is 0 Å². The van der Waals surface area contributed by atoms with Gasteiger partial charge in [-0.3, -0.25) is 0 Å². The predicted molar refractivity (Wildman–Crippen MR) is 86.0 cm³/mol. The first-order valence-electron chi connectivity index (χ1n) is 6.70. The Morgan fingerprint density at radius 2 is 2.05 bits per heavy atom. The van der Waals surface area contributed by atoms with Crippen LogP contribution in [0.25, 0.3) is 0 Å². The molecule has 118 valence electrons. The van der Waals surface area contributed by atoms with E-state index in [1.165, 1.54) is 22.4 Å². The molecule has 3 heterocycles. The van der Waals surface area contributed by atoms with Gasteiger partial charge in [-0.15, -0.1) is 22.7 Å². The number of ether oxygens (including phenoxy) is 1. The monoisotopic (exact) mass is 357 g/mol. The number of rotatable bonds is 3. The summed E-state index contributed by atoms with van der Waals surface area (Å²) in [6, 6.07) is 3.22. The average Bonchev–Trinajstić information content (AvgIpc) is 3.15. The van der Waals surface area contributed by atoms with Gasteiger partial charge in [-0.25, -0.2) is 13.2 Å². The van der Waals surface area contributed by atoms with E-state index < -0.39 is 16.0 Å². The summed E-state index contributed by atoms with van der Waals surface area (Å²) in [4.78, 5) is 13.2. The van der Waals surface area contributed by atoms with Crippen LogP contribution in [0.2, 0.25) is 0 Å². The molecular weight excluding hydrogens is 342 g/mol. The molecule has 0 spiro atoms. The third kappa shape index (κ3) is 2.40. The molecule has 0 N–H and O–H groups in total. The molecule has 0 amide bonds. The fourth-order valence-corrected chi connectivity index (χ4v) is 6.57. The van der Waals surface area contributed by atoms with Gasteiger partial charge in [-0.1, -0.05) is 0 Å². The predicted octanol–water partition coefficient (Wildman–Crippen LogP) is 2.90. The summed E-state index contributed by atoms with van der Waals surface area (Å²) in [7, 11) is -2.48. The Morgan fingerprint density at radius 1 is 1.32 bits per heavy atom. The first-order chi connectivity index (χ1) is 10.5. The average molecular weight is 357 g/mol. The normalized spacial score (nSPS) is 18.9. The molecule has 2 aromatic rings. The molecule has 5 nitrogen and oxygen atoms in total. The molecule has 1 aliphatic heterocycles. The lowest BCUT2D eigenvalue weighted by Gasteiger charge is -2.32. The molecule has 2 aromatic heterocycles. The smallest absolute Gasteiger partial charge is 0.349 e. The summed E-state index contributed by atoms with van der Waals surface area (Å²) in [5, 5.41) is 3.59. The molecule has 0 saturated heterocycles.